The third kappa shape index (κ3) is 4.97. The molecule has 1 amide bonds. The molecule has 0 heterocycles. The van der Waals surface area contributed by atoms with Gasteiger partial charge in [0.1, 0.15) is 0 Å². The highest BCUT2D eigenvalue weighted by molar-refractivity contribution is 5.95. The Balaban J connectivity index is 2.65. The molecule has 112 valence electrons. The van der Waals surface area contributed by atoms with Crippen LogP contribution in [0.25, 0.3) is 0 Å². The van der Waals surface area contributed by atoms with Crippen molar-refractivity contribution < 1.29 is 4.79 Å². The van der Waals surface area contributed by atoms with Crippen LogP contribution < -0.4 is 5.32 Å². The maximum Gasteiger partial charge on any atom is 0.251 e. The van der Waals surface area contributed by atoms with E-state index in [2.05, 4.69) is 43.1 Å². The van der Waals surface area contributed by atoms with Crippen LogP contribution in [0.4, 0.5) is 0 Å². The molecule has 0 bridgehead atoms. The molecule has 1 rings (SSSR count). The van der Waals surface area contributed by atoms with Crippen LogP contribution in [0.2, 0.25) is 0 Å². The number of nitrogens with one attached hydrogen (secondary N) is 1. The molecule has 0 aliphatic carbocycles. The van der Waals surface area contributed by atoms with Gasteiger partial charge in [0.05, 0.1) is 0 Å². The Bertz CT molecular complexity index is 459. The Morgan fingerprint density at radius 1 is 1.25 bits per heavy atom. The summed E-state index contributed by atoms with van der Waals surface area (Å²) in [6.45, 7) is 10.3. The molecule has 3 heteroatoms. The van der Waals surface area contributed by atoms with Gasteiger partial charge >= 0.3 is 0 Å². The lowest BCUT2D eigenvalue weighted by atomic mass is 9.85. The second-order valence-electron chi connectivity index (χ2n) is 6.69. The Labute approximate surface area is 123 Å². The molecule has 0 spiro atoms. The zero-order chi connectivity index (χ0) is 15.3. The second-order valence-corrected chi connectivity index (χ2v) is 6.69. The lowest BCUT2D eigenvalue weighted by molar-refractivity contribution is 0.0951. The summed E-state index contributed by atoms with van der Waals surface area (Å²) in [6.07, 6.45) is 0.970. The van der Waals surface area contributed by atoms with Gasteiger partial charge in [-0.05, 0) is 56.6 Å². The molecular formula is C17H28N2O. The molecular weight excluding hydrogens is 248 g/mol. The summed E-state index contributed by atoms with van der Waals surface area (Å²) in [6, 6.07) is 6.12. The third-order valence-electron chi connectivity index (χ3n) is 3.40. The van der Waals surface area contributed by atoms with E-state index in [1.165, 1.54) is 5.56 Å². The number of aryl methyl sites for hydroxylation is 1. The van der Waals surface area contributed by atoms with Crippen LogP contribution in [0.3, 0.4) is 0 Å². The van der Waals surface area contributed by atoms with Crippen LogP contribution in [0.5, 0.6) is 0 Å². The van der Waals surface area contributed by atoms with E-state index >= 15 is 0 Å². The highest BCUT2D eigenvalue weighted by atomic mass is 16.1. The van der Waals surface area contributed by atoms with E-state index in [1.807, 2.05) is 27.1 Å². The first-order valence-electron chi connectivity index (χ1n) is 7.26. The van der Waals surface area contributed by atoms with Crippen molar-refractivity contribution in [1.29, 1.82) is 0 Å². The molecule has 0 radical (unpaired) electrons. The predicted octanol–water partition coefficient (Wildman–Crippen LogP) is 2.97. The number of carbonyl (C=O) groups is 1. The largest absolute Gasteiger partial charge is 0.352 e. The maximum absolute atomic E-state index is 12.1. The van der Waals surface area contributed by atoms with E-state index in [4.69, 9.17) is 0 Å². The first kappa shape index (κ1) is 16.7. The van der Waals surface area contributed by atoms with Gasteiger partial charge in [0.25, 0.3) is 5.91 Å². The van der Waals surface area contributed by atoms with E-state index in [0.29, 0.717) is 0 Å². The number of nitrogens with zero attached hydrogens (tertiary/aromatic N) is 1. The summed E-state index contributed by atoms with van der Waals surface area (Å²) in [5, 5.41) is 2.99. The summed E-state index contributed by atoms with van der Waals surface area (Å²) >= 11 is 0. The van der Waals surface area contributed by atoms with Gasteiger partial charge in [-0.1, -0.05) is 32.9 Å². The van der Waals surface area contributed by atoms with Gasteiger partial charge in [0.15, 0.2) is 0 Å². The van der Waals surface area contributed by atoms with Crippen LogP contribution >= 0.6 is 0 Å². The number of rotatable bonds is 5. The summed E-state index contributed by atoms with van der Waals surface area (Å²) in [5.74, 6) is 0.0294. The minimum atomic E-state index is 0.0294. The summed E-state index contributed by atoms with van der Waals surface area (Å²) in [5.41, 5.74) is 3.20. The number of hydrogen-bond acceptors (Lipinski definition) is 2. The average Bonchev–Trinajstić information content (AvgIpc) is 2.32. The normalized spacial score (nSPS) is 11.8. The van der Waals surface area contributed by atoms with E-state index in [9.17, 15) is 4.79 Å². The fourth-order valence-electron chi connectivity index (χ4n) is 2.08. The molecule has 0 saturated heterocycles. The molecule has 0 fully saturated rings. The van der Waals surface area contributed by atoms with E-state index in [1.54, 1.807) is 0 Å². The van der Waals surface area contributed by atoms with Crippen LogP contribution in [-0.2, 0) is 5.41 Å². The van der Waals surface area contributed by atoms with Gasteiger partial charge in [-0.15, -0.1) is 0 Å². The third-order valence-corrected chi connectivity index (χ3v) is 3.40. The van der Waals surface area contributed by atoms with Gasteiger partial charge in [0.2, 0.25) is 0 Å². The topological polar surface area (TPSA) is 32.3 Å². The Morgan fingerprint density at radius 3 is 2.40 bits per heavy atom. The first-order valence-corrected chi connectivity index (χ1v) is 7.26. The Hall–Kier alpha value is -1.35. The quantitative estimate of drug-likeness (QED) is 0.839. The summed E-state index contributed by atoms with van der Waals surface area (Å²) in [7, 11) is 4.08. The molecule has 3 nitrogen and oxygen atoms in total. The van der Waals surface area contributed by atoms with Crippen molar-refractivity contribution >= 4 is 5.91 Å². The standard InChI is InChI=1S/C17H28N2O/c1-13-12-14(17(2,3)4)8-9-15(13)16(20)18-10-7-11-19(5)6/h8-9,12H,7,10-11H2,1-6H3,(H,18,20). The molecule has 0 aliphatic rings. The van der Waals surface area contributed by atoms with E-state index in [-0.39, 0.29) is 11.3 Å². The van der Waals surface area contributed by atoms with Crippen molar-refractivity contribution in [3.05, 3.63) is 34.9 Å². The molecule has 1 aromatic carbocycles. The molecule has 20 heavy (non-hydrogen) atoms. The smallest absolute Gasteiger partial charge is 0.251 e. The molecule has 1 N–H and O–H groups in total. The maximum atomic E-state index is 12.1. The number of benzene rings is 1. The van der Waals surface area contributed by atoms with Crippen molar-refractivity contribution in [1.82, 2.24) is 10.2 Å². The van der Waals surface area contributed by atoms with Crippen LogP contribution in [0.15, 0.2) is 18.2 Å². The van der Waals surface area contributed by atoms with Crippen molar-refractivity contribution in [3.63, 3.8) is 0 Å². The van der Waals surface area contributed by atoms with Gasteiger partial charge in [-0.3, -0.25) is 4.79 Å². The molecule has 1 aromatic rings. The van der Waals surface area contributed by atoms with Crippen LogP contribution in [0, 0.1) is 6.92 Å². The predicted molar refractivity (Wildman–Crippen MR) is 85.4 cm³/mol. The molecule has 0 saturated carbocycles. The Kier molecular flexibility index (Phi) is 5.75. The number of amides is 1. The summed E-state index contributed by atoms with van der Waals surface area (Å²) < 4.78 is 0. The van der Waals surface area contributed by atoms with E-state index < -0.39 is 0 Å². The fourth-order valence-corrected chi connectivity index (χ4v) is 2.08. The lowest BCUT2D eigenvalue weighted by Crippen LogP contribution is -2.27. The molecule has 0 aromatic heterocycles. The molecule has 0 atom stereocenters. The van der Waals surface area contributed by atoms with E-state index in [0.717, 1.165) is 30.6 Å². The van der Waals surface area contributed by atoms with Crippen LogP contribution in [0.1, 0.15) is 48.7 Å². The highest BCUT2D eigenvalue weighted by Gasteiger charge is 2.16. The zero-order valence-corrected chi connectivity index (χ0v) is 13.7. The minimum Gasteiger partial charge on any atom is -0.352 e. The van der Waals surface area contributed by atoms with Crippen molar-refractivity contribution in [2.45, 2.75) is 39.5 Å². The average molecular weight is 276 g/mol. The highest BCUT2D eigenvalue weighted by Crippen LogP contribution is 2.24. The zero-order valence-electron chi connectivity index (χ0n) is 13.7. The van der Waals surface area contributed by atoms with Crippen molar-refractivity contribution in [2.24, 2.45) is 0 Å². The fraction of sp³-hybridized carbons (Fsp3) is 0.588. The SMILES string of the molecule is Cc1cc(C(C)(C)C)ccc1C(=O)NCCCN(C)C. The minimum absolute atomic E-state index is 0.0294. The van der Waals surface area contributed by atoms with Crippen molar-refractivity contribution in [3.8, 4) is 0 Å². The van der Waals surface area contributed by atoms with Gasteiger partial charge in [-0.25, -0.2) is 0 Å². The van der Waals surface area contributed by atoms with Crippen molar-refractivity contribution in [2.75, 3.05) is 27.2 Å². The lowest BCUT2D eigenvalue weighted by Gasteiger charge is -2.20. The number of hydrogen-bond donors (Lipinski definition) is 1. The second kappa shape index (κ2) is 6.89. The summed E-state index contributed by atoms with van der Waals surface area (Å²) in [4.78, 5) is 14.3. The first-order chi connectivity index (χ1) is 9.21. The molecule has 0 aliphatic heterocycles. The van der Waals surface area contributed by atoms with Crippen LogP contribution in [-0.4, -0.2) is 38.0 Å². The number of carbonyl (C=O) groups excluding carboxylic acids is 1. The molecule has 0 unspecified atom stereocenters. The van der Waals surface area contributed by atoms with Gasteiger partial charge in [-0.2, -0.15) is 0 Å². The van der Waals surface area contributed by atoms with Gasteiger partial charge < -0.3 is 10.2 Å². The monoisotopic (exact) mass is 276 g/mol. The Morgan fingerprint density at radius 2 is 1.90 bits per heavy atom. The van der Waals surface area contributed by atoms with Gasteiger partial charge in [0, 0.05) is 12.1 Å².